The molecule has 1 spiro atoms. The molecule has 0 amide bonds. The molecule has 3 aliphatic rings. The van der Waals surface area contributed by atoms with Crippen LogP contribution >= 0.6 is 0 Å². The van der Waals surface area contributed by atoms with Gasteiger partial charge in [-0.3, -0.25) is 4.79 Å². The Morgan fingerprint density at radius 2 is 2.06 bits per heavy atom. The van der Waals surface area contributed by atoms with Gasteiger partial charge in [0.1, 0.15) is 6.10 Å². The largest absolute Gasteiger partial charge is 0.378 e. The van der Waals surface area contributed by atoms with Crippen LogP contribution in [0.2, 0.25) is 0 Å². The smallest absolute Gasteiger partial charge is 0.164 e. The maximum absolute atomic E-state index is 12.5. The molecule has 3 unspecified atom stereocenters. The van der Waals surface area contributed by atoms with E-state index in [1.165, 1.54) is 0 Å². The highest BCUT2D eigenvalue weighted by atomic mass is 16.6. The molecule has 3 fully saturated rings. The van der Waals surface area contributed by atoms with Crippen molar-refractivity contribution in [1.29, 1.82) is 0 Å². The number of carbonyl (C=O) groups is 1. The van der Waals surface area contributed by atoms with E-state index in [0.29, 0.717) is 19.0 Å². The monoisotopic (exact) mass is 254 g/mol. The minimum atomic E-state index is -0.173. The first-order valence-corrected chi connectivity index (χ1v) is 7.16. The minimum absolute atomic E-state index is 0.114. The summed E-state index contributed by atoms with van der Waals surface area (Å²) in [6, 6.07) is 0. The van der Waals surface area contributed by atoms with Gasteiger partial charge in [-0.05, 0) is 32.1 Å². The molecule has 3 atom stereocenters. The van der Waals surface area contributed by atoms with Crippen LogP contribution in [0.1, 0.15) is 38.5 Å². The van der Waals surface area contributed by atoms with Crippen LogP contribution in [0, 0.1) is 5.92 Å². The molecule has 102 valence electrons. The summed E-state index contributed by atoms with van der Waals surface area (Å²) >= 11 is 0. The average Bonchev–Trinajstić information content (AvgIpc) is 2.87. The van der Waals surface area contributed by atoms with E-state index in [2.05, 4.69) is 0 Å². The Kier molecular flexibility index (Phi) is 3.68. The highest BCUT2D eigenvalue weighted by Gasteiger charge is 2.44. The normalized spacial score (nSPS) is 41.1. The molecule has 4 heteroatoms. The van der Waals surface area contributed by atoms with Gasteiger partial charge in [-0.25, -0.2) is 0 Å². The van der Waals surface area contributed by atoms with E-state index in [1.54, 1.807) is 0 Å². The van der Waals surface area contributed by atoms with E-state index in [-0.39, 0.29) is 17.6 Å². The molecule has 3 heterocycles. The summed E-state index contributed by atoms with van der Waals surface area (Å²) in [6.45, 7) is 2.85. The Morgan fingerprint density at radius 1 is 1.11 bits per heavy atom. The van der Waals surface area contributed by atoms with Crippen molar-refractivity contribution in [1.82, 2.24) is 0 Å². The first-order chi connectivity index (χ1) is 8.79. The first-order valence-electron chi connectivity index (χ1n) is 7.16. The van der Waals surface area contributed by atoms with Crippen molar-refractivity contribution >= 4 is 5.78 Å². The van der Waals surface area contributed by atoms with Gasteiger partial charge in [0, 0.05) is 32.2 Å². The van der Waals surface area contributed by atoms with Gasteiger partial charge in [-0.15, -0.1) is 0 Å². The molecule has 0 saturated carbocycles. The third kappa shape index (κ3) is 2.46. The van der Waals surface area contributed by atoms with Crippen LogP contribution < -0.4 is 0 Å². The molecule has 3 rings (SSSR count). The zero-order valence-corrected chi connectivity index (χ0v) is 10.9. The van der Waals surface area contributed by atoms with Crippen LogP contribution in [-0.4, -0.2) is 43.9 Å². The Morgan fingerprint density at radius 3 is 2.78 bits per heavy atom. The SMILES string of the molecule is O=C(C1CCOC2(CCOC2)C1)C1CCCCO1. The fourth-order valence-corrected chi connectivity index (χ4v) is 3.36. The standard InChI is InChI=1S/C14H22O4/c15-13(12-3-1-2-6-17-12)11-4-7-18-14(9-11)5-8-16-10-14/h11-12H,1-10H2. The van der Waals surface area contributed by atoms with Gasteiger partial charge in [-0.1, -0.05) is 0 Å². The van der Waals surface area contributed by atoms with Crippen molar-refractivity contribution in [2.75, 3.05) is 26.4 Å². The molecule has 0 aromatic rings. The number of Topliss-reactive ketones (excluding diaryl/α,β-unsaturated/α-hetero) is 1. The number of hydrogen-bond donors (Lipinski definition) is 0. The van der Waals surface area contributed by atoms with Crippen molar-refractivity contribution in [2.45, 2.75) is 50.2 Å². The number of carbonyl (C=O) groups excluding carboxylic acids is 1. The van der Waals surface area contributed by atoms with E-state index in [0.717, 1.165) is 51.7 Å². The summed E-state index contributed by atoms with van der Waals surface area (Å²) in [5, 5.41) is 0. The Balaban J connectivity index is 1.62. The third-order valence-corrected chi connectivity index (χ3v) is 4.46. The van der Waals surface area contributed by atoms with Crippen LogP contribution in [0.5, 0.6) is 0 Å². The topological polar surface area (TPSA) is 44.8 Å². The molecule has 0 bridgehead atoms. The van der Waals surface area contributed by atoms with E-state index < -0.39 is 0 Å². The van der Waals surface area contributed by atoms with E-state index in [4.69, 9.17) is 14.2 Å². The summed E-state index contributed by atoms with van der Waals surface area (Å²) in [6.07, 6.45) is 5.57. The van der Waals surface area contributed by atoms with Crippen LogP contribution in [0.4, 0.5) is 0 Å². The summed E-state index contributed by atoms with van der Waals surface area (Å²) < 4.78 is 16.9. The van der Waals surface area contributed by atoms with Crippen LogP contribution in [0.3, 0.4) is 0 Å². The summed E-state index contributed by atoms with van der Waals surface area (Å²) in [7, 11) is 0. The van der Waals surface area contributed by atoms with E-state index in [1.807, 2.05) is 0 Å². The Bertz CT molecular complexity index is 303. The second kappa shape index (κ2) is 5.27. The van der Waals surface area contributed by atoms with Gasteiger partial charge in [0.05, 0.1) is 12.2 Å². The predicted molar refractivity (Wildman–Crippen MR) is 65.4 cm³/mol. The lowest BCUT2D eigenvalue weighted by atomic mass is 9.80. The minimum Gasteiger partial charge on any atom is -0.378 e. The lowest BCUT2D eigenvalue weighted by molar-refractivity contribution is -0.149. The maximum Gasteiger partial charge on any atom is 0.164 e. The fourth-order valence-electron chi connectivity index (χ4n) is 3.36. The van der Waals surface area contributed by atoms with Gasteiger partial charge in [0.2, 0.25) is 0 Å². The number of ether oxygens (including phenoxy) is 3. The van der Waals surface area contributed by atoms with Gasteiger partial charge in [0.15, 0.2) is 5.78 Å². The van der Waals surface area contributed by atoms with E-state index >= 15 is 0 Å². The van der Waals surface area contributed by atoms with Crippen LogP contribution in [-0.2, 0) is 19.0 Å². The Hall–Kier alpha value is -0.450. The van der Waals surface area contributed by atoms with E-state index in [9.17, 15) is 4.79 Å². The molecule has 18 heavy (non-hydrogen) atoms. The van der Waals surface area contributed by atoms with Gasteiger partial charge in [-0.2, -0.15) is 0 Å². The van der Waals surface area contributed by atoms with Crippen molar-refractivity contribution in [3.05, 3.63) is 0 Å². The lowest BCUT2D eigenvalue weighted by Crippen LogP contribution is -2.45. The third-order valence-electron chi connectivity index (χ3n) is 4.46. The summed E-state index contributed by atoms with van der Waals surface area (Å²) in [5.41, 5.74) is -0.173. The van der Waals surface area contributed by atoms with Crippen molar-refractivity contribution in [3.8, 4) is 0 Å². The second-order valence-electron chi connectivity index (χ2n) is 5.78. The van der Waals surface area contributed by atoms with Gasteiger partial charge >= 0.3 is 0 Å². The molecule has 3 saturated heterocycles. The highest BCUT2D eigenvalue weighted by molar-refractivity contribution is 5.85. The molecular formula is C14H22O4. The zero-order valence-electron chi connectivity index (χ0n) is 10.9. The zero-order chi connectivity index (χ0) is 12.4. The van der Waals surface area contributed by atoms with Crippen LogP contribution in [0.25, 0.3) is 0 Å². The predicted octanol–water partition coefficient (Wildman–Crippen LogP) is 1.71. The molecular weight excluding hydrogens is 232 g/mol. The lowest BCUT2D eigenvalue weighted by Gasteiger charge is -2.37. The quantitative estimate of drug-likeness (QED) is 0.752. The Labute approximate surface area is 108 Å². The summed E-state index contributed by atoms with van der Waals surface area (Å²) in [4.78, 5) is 12.5. The highest BCUT2D eigenvalue weighted by Crippen LogP contribution is 2.37. The second-order valence-corrected chi connectivity index (χ2v) is 5.78. The number of ketones is 1. The van der Waals surface area contributed by atoms with Gasteiger partial charge in [0.25, 0.3) is 0 Å². The van der Waals surface area contributed by atoms with Crippen molar-refractivity contribution < 1.29 is 19.0 Å². The number of hydrogen-bond acceptors (Lipinski definition) is 4. The molecule has 3 aliphatic heterocycles. The van der Waals surface area contributed by atoms with Gasteiger partial charge < -0.3 is 14.2 Å². The molecule has 0 radical (unpaired) electrons. The summed E-state index contributed by atoms with van der Waals surface area (Å²) in [5.74, 6) is 0.424. The molecule has 4 nitrogen and oxygen atoms in total. The molecule has 0 aromatic carbocycles. The number of rotatable bonds is 2. The van der Waals surface area contributed by atoms with Crippen molar-refractivity contribution in [3.63, 3.8) is 0 Å². The maximum atomic E-state index is 12.5. The fraction of sp³-hybridized carbons (Fsp3) is 0.929. The molecule has 0 N–H and O–H groups in total. The average molecular weight is 254 g/mol. The molecule has 0 aliphatic carbocycles. The first kappa shape index (κ1) is 12.6. The molecule has 0 aromatic heterocycles. The van der Waals surface area contributed by atoms with Crippen molar-refractivity contribution in [2.24, 2.45) is 5.92 Å². The van der Waals surface area contributed by atoms with Crippen LogP contribution in [0.15, 0.2) is 0 Å².